The van der Waals surface area contributed by atoms with Gasteiger partial charge in [0.05, 0.1) is 6.10 Å². The number of rotatable bonds is 1. The second-order valence-corrected chi connectivity index (χ2v) is 5.82. The van der Waals surface area contributed by atoms with Crippen molar-refractivity contribution < 1.29 is 19.4 Å². The van der Waals surface area contributed by atoms with Crippen molar-refractivity contribution in [2.75, 3.05) is 0 Å². The molecule has 4 atom stereocenters. The molecule has 0 aromatic carbocycles. The number of esters is 1. The Morgan fingerprint density at radius 3 is 2.68 bits per heavy atom. The van der Waals surface area contributed by atoms with E-state index >= 15 is 0 Å². The third-order valence-electron chi connectivity index (χ3n) is 3.96. The molecule has 2 aliphatic heterocycles. The van der Waals surface area contributed by atoms with Gasteiger partial charge in [0.15, 0.2) is 6.10 Å². The first-order chi connectivity index (χ1) is 10.7. The molecule has 2 aliphatic rings. The van der Waals surface area contributed by atoms with Gasteiger partial charge in [-0.05, 0) is 37.0 Å². The van der Waals surface area contributed by atoms with Gasteiger partial charge in [0.2, 0.25) is 0 Å². The van der Waals surface area contributed by atoms with Crippen LogP contribution in [0.4, 0.5) is 0 Å². The number of epoxide rings is 1. The number of aliphatic hydroxyl groups is 1. The van der Waals surface area contributed by atoms with E-state index in [9.17, 15) is 9.90 Å². The topological polar surface area (TPSA) is 59.1 Å². The highest BCUT2D eigenvalue weighted by Crippen LogP contribution is 2.30. The Morgan fingerprint density at radius 1 is 1.14 bits per heavy atom. The molecule has 0 aliphatic carbocycles. The highest BCUT2D eigenvalue weighted by Gasteiger charge is 2.43. The minimum atomic E-state index is -0.780. The first-order valence-corrected chi connectivity index (χ1v) is 8.24. The van der Waals surface area contributed by atoms with E-state index in [0.29, 0.717) is 12.8 Å². The van der Waals surface area contributed by atoms with Crippen molar-refractivity contribution in [3.05, 3.63) is 0 Å². The summed E-state index contributed by atoms with van der Waals surface area (Å²) in [7, 11) is 0. The van der Waals surface area contributed by atoms with Crippen molar-refractivity contribution >= 4 is 5.97 Å². The summed E-state index contributed by atoms with van der Waals surface area (Å²) in [6, 6.07) is 0. The number of carbonyl (C=O) groups is 1. The molecular weight excluding hydrogens is 280 g/mol. The summed E-state index contributed by atoms with van der Waals surface area (Å²) in [6.45, 7) is 1.92. The Balaban J connectivity index is 1.95. The van der Waals surface area contributed by atoms with Crippen LogP contribution in [0.5, 0.6) is 0 Å². The summed E-state index contributed by atoms with van der Waals surface area (Å²) in [6.07, 6.45) is 6.07. The van der Waals surface area contributed by atoms with Gasteiger partial charge < -0.3 is 14.6 Å². The highest BCUT2D eigenvalue weighted by molar-refractivity contribution is 5.69. The van der Waals surface area contributed by atoms with Crippen LogP contribution in [0, 0.1) is 23.7 Å². The predicted octanol–water partition coefficient (Wildman–Crippen LogP) is 2.19. The zero-order chi connectivity index (χ0) is 15.8. The molecule has 0 saturated carbocycles. The van der Waals surface area contributed by atoms with Gasteiger partial charge in [0.25, 0.3) is 0 Å². The fraction of sp³-hybridized carbons (Fsp3) is 0.722. The SMILES string of the molecule is CCC1C#CC#C[C@@H](O)[C@@H]2O[C@@H]2CCCCCCCC(=O)O1. The number of hydrogen-bond acceptors (Lipinski definition) is 4. The van der Waals surface area contributed by atoms with Gasteiger partial charge in [0, 0.05) is 6.42 Å². The van der Waals surface area contributed by atoms with Gasteiger partial charge in [0.1, 0.15) is 12.2 Å². The number of fused-ring (bicyclic) bond motifs is 1. The molecule has 0 amide bonds. The molecular formula is C18H24O4. The molecule has 0 bridgehead atoms. The normalized spacial score (nSPS) is 33.1. The lowest BCUT2D eigenvalue weighted by atomic mass is 10.1. The minimum absolute atomic E-state index is 0.140. The van der Waals surface area contributed by atoms with Crippen LogP contribution < -0.4 is 0 Å². The molecule has 1 N–H and O–H groups in total. The smallest absolute Gasteiger partial charge is 0.307 e. The van der Waals surface area contributed by atoms with Gasteiger partial charge in [-0.1, -0.05) is 38.5 Å². The summed E-state index contributed by atoms with van der Waals surface area (Å²) in [5, 5.41) is 9.89. The molecule has 0 spiro atoms. The van der Waals surface area contributed by atoms with Crippen molar-refractivity contribution in [3.63, 3.8) is 0 Å². The minimum Gasteiger partial charge on any atom is -0.449 e. The first-order valence-electron chi connectivity index (χ1n) is 8.24. The van der Waals surface area contributed by atoms with Crippen molar-refractivity contribution in [1.82, 2.24) is 0 Å². The average Bonchev–Trinajstić information content (AvgIpc) is 3.28. The summed E-state index contributed by atoms with van der Waals surface area (Å²) >= 11 is 0. The Bertz CT molecular complexity index is 491. The Hall–Kier alpha value is -1.49. The van der Waals surface area contributed by atoms with E-state index < -0.39 is 12.2 Å². The van der Waals surface area contributed by atoms with E-state index in [-0.39, 0.29) is 18.2 Å². The zero-order valence-corrected chi connectivity index (χ0v) is 13.1. The summed E-state index contributed by atoms with van der Waals surface area (Å²) in [5.74, 6) is 10.6. The Kier molecular flexibility index (Phi) is 6.77. The standard InChI is InChI=1S/C18H24O4/c1-2-14-10-8-9-11-15(19)18-16(22-18)12-6-4-3-5-7-13-17(20)21-14/h14-16,18-19H,2-7,12-13H2,1H3/t14?,15-,16-,18+/m1/s1. The zero-order valence-electron chi connectivity index (χ0n) is 13.1. The van der Waals surface area contributed by atoms with Crippen LogP contribution in [-0.4, -0.2) is 35.5 Å². The number of cyclic esters (lactones) is 1. The molecule has 2 heterocycles. The third-order valence-corrected chi connectivity index (χ3v) is 3.96. The number of aliphatic hydroxyl groups excluding tert-OH is 1. The Morgan fingerprint density at radius 2 is 1.86 bits per heavy atom. The largest absolute Gasteiger partial charge is 0.449 e. The number of carbonyl (C=O) groups excluding carboxylic acids is 1. The highest BCUT2D eigenvalue weighted by atomic mass is 16.6. The van der Waals surface area contributed by atoms with Crippen LogP contribution in [-0.2, 0) is 14.3 Å². The fourth-order valence-corrected chi connectivity index (χ4v) is 2.55. The van der Waals surface area contributed by atoms with E-state index in [2.05, 4.69) is 23.7 Å². The molecule has 0 aromatic rings. The van der Waals surface area contributed by atoms with Gasteiger partial charge in [-0.15, -0.1) is 0 Å². The maximum absolute atomic E-state index is 11.7. The van der Waals surface area contributed by atoms with Crippen molar-refractivity contribution in [2.45, 2.75) is 82.7 Å². The van der Waals surface area contributed by atoms with E-state index in [0.717, 1.165) is 38.5 Å². The van der Waals surface area contributed by atoms with E-state index in [1.165, 1.54) is 0 Å². The average molecular weight is 304 g/mol. The van der Waals surface area contributed by atoms with Gasteiger partial charge >= 0.3 is 5.97 Å². The predicted molar refractivity (Wildman–Crippen MR) is 82.7 cm³/mol. The van der Waals surface area contributed by atoms with Crippen molar-refractivity contribution in [3.8, 4) is 23.7 Å². The molecule has 1 fully saturated rings. The van der Waals surface area contributed by atoms with Crippen molar-refractivity contribution in [1.29, 1.82) is 0 Å². The van der Waals surface area contributed by atoms with E-state index in [1.54, 1.807) is 0 Å². The second kappa shape index (κ2) is 8.83. The molecule has 4 heteroatoms. The number of hydrogen-bond donors (Lipinski definition) is 1. The maximum Gasteiger partial charge on any atom is 0.307 e. The maximum atomic E-state index is 11.7. The van der Waals surface area contributed by atoms with Crippen LogP contribution in [0.1, 0.15) is 58.3 Å². The molecule has 120 valence electrons. The monoisotopic (exact) mass is 304 g/mol. The third kappa shape index (κ3) is 5.72. The van der Waals surface area contributed by atoms with Crippen molar-refractivity contribution in [2.24, 2.45) is 0 Å². The van der Waals surface area contributed by atoms with E-state index in [1.807, 2.05) is 6.92 Å². The van der Waals surface area contributed by atoms with Crippen LogP contribution in [0.3, 0.4) is 0 Å². The summed E-state index contributed by atoms with van der Waals surface area (Å²) < 4.78 is 10.8. The molecule has 1 saturated heterocycles. The fourth-order valence-electron chi connectivity index (χ4n) is 2.55. The molecule has 4 nitrogen and oxygen atoms in total. The summed E-state index contributed by atoms with van der Waals surface area (Å²) in [4.78, 5) is 11.7. The lowest BCUT2D eigenvalue weighted by molar-refractivity contribution is -0.146. The molecule has 1 unspecified atom stereocenters. The summed E-state index contributed by atoms with van der Waals surface area (Å²) in [5.41, 5.74) is 0. The number of ether oxygens (including phenoxy) is 2. The van der Waals surface area contributed by atoms with Gasteiger partial charge in [-0.3, -0.25) is 4.79 Å². The van der Waals surface area contributed by atoms with Gasteiger partial charge in [-0.2, -0.15) is 0 Å². The Labute approximate surface area is 132 Å². The quantitative estimate of drug-likeness (QED) is 0.458. The van der Waals surface area contributed by atoms with Crippen LogP contribution >= 0.6 is 0 Å². The lowest BCUT2D eigenvalue weighted by Gasteiger charge is -2.09. The molecule has 2 rings (SSSR count). The molecule has 0 aromatic heterocycles. The first kappa shape index (κ1) is 16.9. The van der Waals surface area contributed by atoms with Crippen LogP contribution in [0.15, 0.2) is 0 Å². The van der Waals surface area contributed by atoms with E-state index in [4.69, 9.17) is 9.47 Å². The van der Waals surface area contributed by atoms with Crippen LogP contribution in [0.2, 0.25) is 0 Å². The lowest BCUT2D eigenvalue weighted by Crippen LogP contribution is -2.15. The molecule has 0 radical (unpaired) electrons. The second-order valence-electron chi connectivity index (χ2n) is 5.82. The van der Waals surface area contributed by atoms with Gasteiger partial charge in [-0.25, -0.2) is 0 Å². The molecule has 22 heavy (non-hydrogen) atoms. The van der Waals surface area contributed by atoms with Crippen LogP contribution in [0.25, 0.3) is 0 Å².